The number of benzene rings is 15. The van der Waals surface area contributed by atoms with E-state index < -0.39 is 0 Å². The number of hydrogen-bond acceptors (Lipinski definition) is 0. The fraction of sp³-hybridized carbons (Fsp3) is 0.0652. The zero-order valence-electron chi connectivity index (χ0n) is 54.2. The van der Waals surface area contributed by atoms with Crippen LogP contribution in [0.15, 0.2) is 340 Å². The van der Waals surface area contributed by atoms with Gasteiger partial charge in [-0.15, -0.1) is 0 Å². The SMILES string of the molecule is CC.CC.CC.c1ccc(-c2cccc(-c3ccc4c(c3)c3cc(-c5ccc6c(-c7ccccc7)c7cc(-c8ccc9c(c8)c8cc(-c%10cccc(-c%11ccccc%11)c%10)ccc8n9-c8ccccc8)ccc7c(-c7ccccc7)c6c5)ccc3n4-c3ccccc3)c2)cc1. The molecular formula is C92H74N2. The molecule has 0 amide bonds. The molecule has 0 aliphatic carbocycles. The van der Waals surface area contributed by atoms with Crippen LogP contribution < -0.4 is 0 Å². The van der Waals surface area contributed by atoms with Gasteiger partial charge in [0.15, 0.2) is 0 Å². The Hall–Kier alpha value is -11.6. The van der Waals surface area contributed by atoms with Crippen molar-refractivity contribution in [2.75, 3.05) is 0 Å². The Bertz CT molecular complexity index is 5160. The van der Waals surface area contributed by atoms with Crippen LogP contribution in [-0.2, 0) is 0 Å². The summed E-state index contributed by atoms with van der Waals surface area (Å²) in [5.74, 6) is 0. The van der Waals surface area contributed by atoms with Crippen molar-refractivity contribution < 1.29 is 0 Å². The Labute approximate surface area is 552 Å². The number of nitrogens with zero attached hydrogens (tertiary/aromatic N) is 2. The lowest BCUT2D eigenvalue weighted by atomic mass is 9.84. The molecule has 0 saturated heterocycles. The normalized spacial score (nSPS) is 11.1. The highest BCUT2D eigenvalue weighted by molar-refractivity contribution is 6.23. The molecule has 0 atom stereocenters. The standard InChI is InChI=1S/C86H56N2.3C2H6/c1-7-21-57(22-8-1)61-29-19-31-63(49-61)67-39-45-81-75(51-67)77-53-69(41-47-83(77)87(81)71-33-15-5-16-34-71)65-37-43-73-79(55-65)85(59-25-11-3-12-26-59)74-44-38-66(56-80(74)86(73)60-27-13-4-14-28-60)70-42-48-84-78(54-70)76-52-68(40-46-82(76)88(84)72-35-17-6-18-36-72)64-32-20-30-62(50-64)58-23-9-2-10-24-58;3*1-2/h1-56H;3*1-2H3. The molecule has 452 valence electrons. The third-order valence-corrected chi connectivity index (χ3v) is 18.1. The van der Waals surface area contributed by atoms with E-state index in [-0.39, 0.29) is 0 Å². The molecular weight excluding hydrogens is 1130 g/mol. The Morgan fingerprint density at radius 2 is 0.362 bits per heavy atom. The summed E-state index contributed by atoms with van der Waals surface area (Å²) in [6.07, 6.45) is 0. The van der Waals surface area contributed by atoms with E-state index in [0.717, 1.165) is 11.4 Å². The predicted molar refractivity (Wildman–Crippen MR) is 408 cm³/mol. The van der Waals surface area contributed by atoms with E-state index in [2.05, 4.69) is 349 Å². The summed E-state index contributed by atoms with van der Waals surface area (Å²) in [4.78, 5) is 0. The van der Waals surface area contributed by atoms with E-state index in [1.165, 1.54) is 154 Å². The summed E-state index contributed by atoms with van der Waals surface area (Å²) in [6, 6.07) is 125. The third kappa shape index (κ3) is 11.0. The molecule has 2 aromatic heterocycles. The lowest BCUT2D eigenvalue weighted by molar-refractivity contribution is 1.18. The number of rotatable bonds is 10. The summed E-state index contributed by atoms with van der Waals surface area (Å²) in [5, 5.41) is 9.74. The zero-order chi connectivity index (χ0) is 64.1. The molecule has 0 aliphatic heterocycles. The first-order chi connectivity index (χ1) is 46.6. The molecule has 2 heteroatoms. The molecule has 0 unspecified atom stereocenters. The molecule has 2 heterocycles. The number of para-hydroxylation sites is 2. The molecule has 17 rings (SSSR count). The third-order valence-electron chi connectivity index (χ3n) is 18.1. The van der Waals surface area contributed by atoms with Gasteiger partial charge in [0.1, 0.15) is 0 Å². The predicted octanol–water partition coefficient (Wildman–Crippen LogP) is 26.6. The van der Waals surface area contributed by atoms with Gasteiger partial charge < -0.3 is 9.13 Å². The van der Waals surface area contributed by atoms with Gasteiger partial charge in [-0.1, -0.05) is 284 Å². The Balaban J connectivity index is 0.00000124. The summed E-state index contributed by atoms with van der Waals surface area (Å²) in [7, 11) is 0. The van der Waals surface area contributed by atoms with E-state index in [1.54, 1.807) is 0 Å². The van der Waals surface area contributed by atoms with Crippen molar-refractivity contribution in [3.63, 3.8) is 0 Å². The zero-order valence-corrected chi connectivity index (χ0v) is 54.2. The molecule has 0 saturated carbocycles. The monoisotopic (exact) mass is 1210 g/mol. The van der Waals surface area contributed by atoms with Gasteiger partial charge in [0.25, 0.3) is 0 Å². The average molecular weight is 1210 g/mol. The van der Waals surface area contributed by atoms with Crippen molar-refractivity contribution >= 4 is 65.2 Å². The summed E-state index contributed by atoms with van der Waals surface area (Å²) in [5.41, 5.74) is 26.1. The number of fused-ring (bicyclic) bond motifs is 8. The van der Waals surface area contributed by atoms with Crippen LogP contribution >= 0.6 is 0 Å². The molecule has 2 nitrogen and oxygen atoms in total. The highest BCUT2D eigenvalue weighted by Crippen LogP contribution is 2.48. The maximum Gasteiger partial charge on any atom is 0.0541 e. The van der Waals surface area contributed by atoms with Crippen LogP contribution in [0.4, 0.5) is 0 Å². The van der Waals surface area contributed by atoms with Gasteiger partial charge in [0, 0.05) is 32.9 Å². The minimum Gasteiger partial charge on any atom is -0.309 e. The van der Waals surface area contributed by atoms with E-state index in [9.17, 15) is 0 Å². The summed E-state index contributed by atoms with van der Waals surface area (Å²) >= 11 is 0. The second kappa shape index (κ2) is 26.7. The van der Waals surface area contributed by atoms with Crippen LogP contribution in [0.5, 0.6) is 0 Å². The lowest BCUT2D eigenvalue weighted by Crippen LogP contribution is -1.94. The Morgan fingerprint density at radius 3 is 0.649 bits per heavy atom. The molecule has 0 radical (unpaired) electrons. The van der Waals surface area contributed by atoms with Gasteiger partial charge in [-0.3, -0.25) is 0 Å². The highest BCUT2D eigenvalue weighted by Gasteiger charge is 2.22. The van der Waals surface area contributed by atoms with Crippen molar-refractivity contribution in [1.29, 1.82) is 0 Å². The number of aromatic nitrogens is 2. The average Bonchev–Trinajstić information content (AvgIpc) is 1.06. The largest absolute Gasteiger partial charge is 0.309 e. The van der Waals surface area contributed by atoms with Gasteiger partial charge >= 0.3 is 0 Å². The maximum atomic E-state index is 2.46. The van der Waals surface area contributed by atoms with Crippen molar-refractivity contribution in [1.82, 2.24) is 9.13 Å². The van der Waals surface area contributed by atoms with Gasteiger partial charge in [0.2, 0.25) is 0 Å². The molecule has 94 heavy (non-hydrogen) atoms. The minimum absolute atomic E-state index is 1.14. The second-order valence-corrected chi connectivity index (χ2v) is 23.2. The highest BCUT2D eigenvalue weighted by atomic mass is 15.0. The van der Waals surface area contributed by atoms with Crippen LogP contribution in [0.2, 0.25) is 0 Å². The fourth-order valence-corrected chi connectivity index (χ4v) is 13.9. The van der Waals surface area contributed by atoms with Crippen LogP contribution in [-0.4, -0.2) is 9.13 Å². The number of hydrogen-bond donors (Lipinski definition) is 0. The Kier molecular flexibility index (Phi) is 17.0. The van der Waals surface area contributed by atoms with Crippen molar-refractivity contribution in [3.05, 3.63) is 340 Å². The lowest BCUT2D eigenvalue weighted by Gasteiger charge is -2.20. The topological polar surface area (TPSA) is 9.86 Å². The molecule has 17 aromatic rings. The van der Waals surface area contributed by atoms with Gasteiger partial charge in [-0.25, -0.2) is 0 Å². The van der Waals surface area contributed by atoms with Crippen LogP contribution in [0, 0.1) is 0 Å². The maximum absolute atomic E-state index is 2.46. The van der Waals surface area contributed by atoms with Crippen molar-refractivity contribution in [2.45, 2.75) is 41.5 Å². The molecule has 0 bridgehead atoms. The molecule has 15 aromatic carbocycles. The first kappa shape index (κ1) is 60.0. The van der Waals surface area contributed by atoms with Crippen LogP contribution in [0.25, 0.3) is 166 Å². The quantitative estimate of drug-likeness (QED) is 0.121. The summed E-state index contributed by atoms with van der Waals surface area (Å²) in [6.45, 7) is 12.0. The van der Waals surface area contributed by atoms with E-state index >= 15 is 0 Å². The van der Waals surface area contributed by atoms with Gasteiger partial charge in [0.05, 0.1) is 22.1 Å². The van der Waals surface area contributed by atoms with E-state index in [0.29, 0.717) is 0 Å². The van der Waals surface area contributed by atoms with Gasteiger partial charge in [-0.2, -0.15) is 0 Å². The minimum atomic E-state index is 1.14. The van der Waals surface area contributed by atoms with Crippen LogP contribution in [0.3, 0.4) is 0 Å². The van der Waals surface area contributed by atoms with Crippen LogP contribution in [0.1, 0.15) is 41.5 Å². The van der Waals surface area contributed by atoms with Gasteiger partial charge in [-0.05, 0) is 208 Å². The fourth-order valence-electron chi connectivity index (χ4n) is 13.9. The van der Waals surface area contributed by atoms with E-state index in [1.807, 2.05) is 41.5 Å². The molecule has 0 fully saturated rings. The molecule has 0 N–H and O–H groups in total. The smallest absolute Gasteiger partial charge is 0.0541 e. The summed E-state index contributed by atoms with van der Waals surface area (Å²) < 4.78 is 4.84. The molecule has 0 aliphatic rings. The van der Waals surface area contributed by atoms with Crippen molar-refractivity contribution in [2.24, 2.45) is 0 Å². The van der Waals surface area contributed by atoms with Crippen molar-refractivity contribution in [3.8, 4) is 100 Å². The first-order valence-electron chi connectivity index (χ1n) is 33.4. The Morgan fingerprint density at radius 1 is 0.149 bits per heavy atom. The van der Waals surface area contributed by atoms with E-state index in [4.69, 9.17) is 0 Å². The molecule has 0 spiro atoms. The first-order valence-corrected chi connectivity index (χ1v) is 33.4. The second-order valence-electron chi connectivity index (χ2n) is 23.2.